The van der Waals surface area contributed by atoms with Crippen LogP contribution in [-0.2, 0) is 24.7 Å². The van der Waals surface area contributed by atoms with E-state index >= 15 is 0 Å². The second-order valence-electron chi connectivity index (χ2n) is 4.94. The molecule has 1 unspecified atom stereocenters. The predicted octanol–water partition coefficient (Wildman–Crippen LogP) is -0.412. The third-order valence-electron chi connectivity index (χ3n) is 2.44. The van der Waals surface area contributed by atoms with E-state index in [4.69, 9.17) is 5.73 Å². The van der Waals surface area contributed by atoms with Crippen LogP contribution in [0.15, 0.2) is 0 Å². The molecule has 9 heteroatoms. The number of nitrogens with one attached hydrogen (secondary N) is 1. The second kappa shape index (κ2) is 7.20. The molecule has 0 aliphatic carbocycles. The molecule has 1 atom stereocenters. The largest absolute Gasteiger partial charge is 0.370 e. The van der Waals surface area contributed by atoms with Gasteiger partial charge in [0, 0.05) is 12.7 Å². The van der Waals surface area contributed by atoms with E-state index in [1.54, 1.807) is 0 Å². The molecule has 0 fully saturated rings. The molecule has 0 rings (SSSR count). The number of primary amides is 1. The summed E-state index contributed by atoms with van der Waals surface area (Å²) in [5.41, 5.74) is 4.94. The minimum Gasteiger partial charge on any atom is -0.370 e. The Hall–Kier alpha value is -0.670. The highest BCUT2D eigenvalue weighted by atomic mass is 32.2. The van der Waals surface area contributed by atoms with Crippen LogP contribution in [0.5, 0.6) is 0 Å². The fourth-order valence-corrected chi connectivity index (χ4v) is 4.39. The van der Waals surface area contributed by atoms with Gasteiger partial charge < -0.3 is 5.73 Å². The standard InChI is InChI=1S/C10H22N2O5S2/c1-8(2)6-7-19(16,17)12-10(18(3,14)15)5-4-9(11)13/h8,10,12H,4-7H2,1-3H3,(H2,11,13). The quantitative estimate of drug-likeness (QED) is 0.598. The summed E-state index contributed by atoms with van der Waals surface area (Å²) in [5.74, 6) is -0.623. The number of carbonyl (C=O) groups excluding carboxylic acids is 1. The zero-order valence-corrected chi connectivity index (χ0v) is 13.1. The van der Waals surface area contributed by atoms with Crippen molar-refractivity contribution in [2.24, 2.45) is 11.7 Å². The molecule has 0 saturated carbocycles. The lowest BCUT2D eigenvalue weighted by Gasteiger charge is -2.17. The average Bonchev–Trinajstić information content (AvgIpc) is 2.19. The third-order valence-corrected chi connectivity index (χ3v) is 5.40. The van der Waals surface area contributed by atoms with Gasteiger partial charge in [-0.3, -0.25) is 4.79 Å². The van der Waals surface area contributed by atoms with Gasteiger partial charge in [0.05, 0.1) is 5.75 Å². The third kappa shape index (κ3) is 8.95. The zero-order chi connectivity index (χ0) is 15.3. The van der Waals surface area contributed by atoms with Crippen LogP contribution in [0.3, 0.4) is 0 Å². The van der Waals surface area contributed by atoms with Gasteiger partial charge in [-0.2, -0.15) is 4.72 Å². The lowest BCUT2D eigenvalue weighted by molar-refractivity contribution is -0.118. The Bertz CT molecular complexity index is 496. The maximum atomic E-state index is 11.7. The van der Waals surface area contributed by atoms with Gasteiger partial charge in [-0.05, 0) is 18.8 Å². The Kier molecular flexibility index (Phi) is 6.95. The molecule has 0 bridgehead atoms. The lowest BCUT2D eigenvalue weighted by atomic mass is 10.2. The molecule has 1 amide bonds. The SMILES string of the molecule is CC(C)CCS(=O)(=O)NC(CCC(N)=O)S(C)(=O)=O. The summed E-state index contributed by atoms with van der Waals surface area (Å²) in [6.07, 6.45) is 1.00. The van der Waals surface area contributed by atoms with E-state index in [-0.39, 0.29) is 24.5 Å². The number of nitrogens with two attached hydrogens (primary N) is 1. The smallest absolute Gasteiger partial charge is 0.217 e. The van der Waals surface area contributed by atoms with Crippen LogP contribution in [0.1, 0.15) is 33.1 Å². The van der Waals surface area contributed by atoms with Crippen molar-refractivity contribution in [3.8, 4) is 0 Å². The van der Waals surface area contributed by atoms with E-state index in [1.165, 1.54) is 0 Å². The Labute approximate surface area is 114 Å². The molecule has 0 aromatic rings. The van der Waals surface area contributed by atoms with Crippen LogP contribution >= 0.6 is 0 Å². The minimum absolute atomic E-state index is 0.146. The maximum Gasteiger partial charge on any atom is 0.217 e. The van der Waals surface area contributed by atoms with Crippen molar-refractivity contribution in [1.29, 1.82) is 0 Å². The molecule has 0 aromatic carbocycles. The highest BCUT2D eigenvalue weighted by molar-refractivity contribution is 7.93. The lowest BCUT2D eigenvalue weighted by Crippen LogP contribution is -2.42. The first-order valence-corrected chi connectivity index (χ1v) is 9.52. The summed E-state index contributed by atoms with van der Waals surface area (Å²) in [4.78, 5) is 10.7. The van der Waals surface area contributed by atoms with Crippen molar-refractivity contribution < 1.29 is 21.6 Å². The average molecular weight is 314 g/mol. The first-order chi connectivity index (χ1) is 8.44. The van der Waals surface area contributed by atoms with Crippen LogP contribution in [0.25, 0.3) is 0 Å². The number of rotatable bonds is 9. The zero-order valence-electron chi connectivity index (χ0n) is 11.4. The molecule has 0 radical (unpaired) electrons. The van der Waals surface area contributed by atoms with E-state index in [0.717, 1.165) is 6.26 Å². The van der Waals surface area contributed by atoms with E-state index < -0.39 is 31.1 Å². The van der Waals surface area contributed by atoms with Crippen molar-refractivity contribution >= 4 is 25.8 Å². The maximum absolute atomic E-state index is 11.7. The Morgan fingerprint density at radius 3 is 2.05 bits per heavy atom. The van der Waals surface area contributed by atoms with E-state index in [1.807, 2.05) is 13.8 Å². The number of amides is 1. The van der Waals surface area contributed by atoms with Crippen molar-refractivity contribution in [2.45, 2.75) is 38.5 Å². The fraction of sp³-hybridized carbons (Fsp3) is 0.900. The van der Waals surface area contributed by atoms with Crippen molar-refractivity contribution in [1.82, 2.24) is 4.72 Å². The molecule has 114 valence electrons. The molecule has 0 heterocycles. The van der Waals surface area contributed by atoms with Gasteiger partial charge >= 0.3 is 0 Å². The summed E-state index contributed by atoms with van der Waals surface area (Å²) < 4.78 is 48.6. The molecule has 3 N–H and O–H groups in total. The molecule has 0 aliphatic heterocycles. The topological polar surface area (TPSA) is 123 Å². The van der Waals surface area contributed by atoms with Gasteiger partial charge in [0.25, 0.3) is 0 Å². The second-order valence-corrected chi connectivity index (χ2v) is 9.04. The Morgan fingerprint density at radius 1 is 1.16 bits per heavy atom. The molecular weight excluding hydrogens is 292 g/mol. The van der Waals surface area contributed by atoms with Gasteiger partial charge in [-0.1, -0.05) is 13.8 Å². The van der Waals surface area contributed by atoms with Crippen LogP contribution < -0.4 is 10.5 Å². The molecular formula is C10H22N2O5S2. The number of carbonyl (C=O) groups is 1. The number of sulfone groups is 1. The van der Waals surface area contributed by atoms with Gasteiger partial charge in [0.2, 0.25) is 15.9 Å². The Morgan fingerprint density at radius 2 is 1.68 bits per heavy atom. The number of hydrogen-bond acceptors (Lipinski definition) is 5. The number of sulfonamides is 1. The first-order valence-electron chi connectivity index (χ1n) is 5.91. The highest BCUT2D eigenvalue weighted by Gasteiger charge is 2.26. The highest BCUT2D eigenvalue weighted by Crippen LogP contribution is 2.08. The predicted molar refractivity (Wildman–Crippen MR) is 73.4 cm³/mol. The number of hydrogen-bond donors (Lipinski definition) is 2. The van der Waals surface area contributed by atoms with Gasteiger partial charge in [-0.25, -0.2) is 16.8 Å². The summed E-state index contributed by atoms with van der Waals surface area (Å²) >= 11 is 0. The monoisotopic (exact) mass is 314 g/mol. The molecule has 0 spiro atoms. The fourth-order valence-electron chi connectivity index (χ4n) is 1.28. The molecule has 19 heavy (non-hydrogen) atoms. The minimum atomic E-state index is -3.69. The van der Waals surface area contributed by atoms with Crippen LogP contribution in [0.2, 0.25) is 0 Å². The van der Waals surface area contributed by atoms with Crippen LogP contribution in [0, 0.1) is 5.92 Å². The van der Waals surface area contributed by atoms with Gasteiger partial charge in [0.15, 0.2) is 9.84 Å². The van der Waals surface area contributed by atoms with Crippen molar-refractivity contribution in [2.75, 3.05) is 12.0 Å². The normalized spacial score (nSPS) is 14.5. The van der Waals surface area contributed by atoms with Gasteiger partial charge in [0.1, 0.15) is 5.37 Å². The van der Waals surface area contributed by atoms with E-state index in [9.17, 15) is 21.6 Å². The van der Waals surface area contributed by atoms with Crippen molar-refractivity contribution in [3.05, 3.63) is 0 Å². The molecule has 0 aliphatic rings. The van der Waals surface area contributed by atoms with E-state index in [0.29, 0.717) is 6.42 Å². The van der Waals surface area contributed by atoms with Gasteiger partial charge in [-0.15, -0.1) is 0 Å². The first kappa shape index (κ1) is 18.3. The van der Waals surface area contributed by atoms with E-state index in [2.05, 4.69) is 4.72 Å². The summed E-state index contributed by atoms with van der Waals surface area (Å²) in [5, 5.41) is -1.31. The van der Waals surface area contributed by atoms with Crippen LogP contribution in [0.4, 0.5) is 0 Å². The molecule has 0 aromatic heterocycles. The summed E-state index contributed by atoms with van der Waals surface area (Å²) in [7, 11) is -7.32. The van der Waals surface area contributed by atoms with Crippen LogP contribution in [-0.4, -0.2) is 40.1 Å². The Balaban J connectivity index is 4.77. The molecule has 0 saturated heterocycles. The summed E-state index contributed by atoms with van der Waals surface area (Å²) in [6.45, 7) is 3.74. The van der Waals surface area contributed by atoms with Crippen molar-refractivity contribution in [3.63, 3.8) is 0 Å². The molecule has 7 nitrogen and oxygen atoms in total. The summed E-state index contributed by atoms with van der Waals surface area (Å²) in [6, 6.07) is 0.